The first-order valence-electron chi connectivity index (χ1n) is 9.62. The van der Waals surface area contributed by atoms with E-state index in [-0.39, 0.29) is 18.1 Å². The second-order valence-electron chi connectivity index (χ2n) is 7.12. The number of fused-ring (bicyclic) bond motifs is 1. The molecule has 8 nitrogen and oxygen atoms in total. The molecular formula is C22H22N4O4S. The van der Waals surface area contributed by atoms with Gasteiger partial charge < -0.3 is 15.0 Å². The molecule has 160 valence electrons. The first kappa shape index (κ1) is 20.8. The Balaban J connectivity index is 1.61. The second kappa shape index (κ2) is 8.37. The third kappa shape index (κ3) is 4.23. The van der Waals surface area contributed by atoms with Crippen LogP contribution in [0.3, 0.4) is 0 Å². The van der Waals surface area contributed by atoms with Crippen LogP contribution in [0.15, 0.2) is 71.8 Å². The molecule has 0 spiro atoms. The Hall–Kier alpha value is -3.43. The molecule has 1 aliphatic rings. The molecule has 9 heteroatoms. The molecule has 1 aliphatic heterocycles. The Kier molecular flexibility index (Phi) is 5.62. The van der Waals surface area contributed by atoms with Crippen molar-refractivity contribution in [2.75, 3.05) is 30.5 Å². The summed E-state index contributed by atoms with van der Waals surface area (Å²) in [5.74, 6) is 0.567. The maximum absolute atomic E-state index is 13.2. The molecule has 0 unspecified atom stereocenters. The second-order valence-corrected chi connectivity index (χ2v) is 9.03. The van der Waals surface area contributed by atoms with Crippen LogP contribution in [-0.4, -0.2) is 43.9 Å². The lowest BCUT2D eigenvalue weighted by molar-refractivity contribution is -0.116. The van der Waals surface area contributed by atoms with Crippen LogP contribution in [0.5, 0.6) is 5.75 Å². The SMILES string of the molecule is COc1ccc(NC(=O)CN2CN(c3ccc(C)cc3)c3ncccc3S2(=O)=O)cc1. The van der Waals surface area contributed by atoms with E-state index in [4.69, 9.17) is 4.74 Å². The lowest BCUT2D eigenvalue weighted by atomic mass is 10.2. The Morgan fingerprint density at radius 2 is 1.81 bits per heavy atom. The zero-order valence-corrected chi connectivity index (χ0v) is 18.0. The van der Waals surface area contributed by atoms with Crippen LogP contribution in [0.1, 0.15) is 5.56 Å². The highest BCUT2D eigenvalue weighted by Crippen LogP contribution is 2.36. The van der Waals surface area contributed by atoms with Gasteiger partial charge in [-0.3, -0.25) is 4.79 Å². The lowest BCUT2D eigenvalue weighted by Gasteiger charge is -2.36. The maximum Gasteiger partial charge on any atom is 0.248 e. The third-order valence-electron chi connectivity index (χ3n) is 4.96. The van der Waals surface area contributed by atoms with Crippen molar-refractivity contribution in [3.05, 3.63) is 72.4 Å². The van der Waals surface area contributed by atoms with Gasteiger partial charge in [-0.05, 0) is 55.5 Å². The minimum absolute atomic E-state index is 0.0224. The number of aryl methyl sites for hydroxylation is 1. The van der Waals surface area contributed by atoms with E-state index in [9.17, 15) is 13.2 Å². The van der Waals surface area contributed by atoms with Crippen molar-refractivity contribution >= 4 is 33.1 Å². The standard InChI is InChI=1S/C22H22N4O4S/c1-16-5-9-18(10-6-16)26-15-25(31(28,29)20-4-3-13-23-22(20)26)14-21(27)24-17-7-11-19(30-2)12-8-17/h3-13H,14-15H2,1-2H3,(H,24,27). The van der Waals surface area contributed by atoms with Crippen LogP contribution in [-0.2, 0) is 14.8 Å². The molecule has 0 saturated carbocycles. The van der Waals surface area contributed by atoms with Crippen LogP contribution in [0.4, 0.5) is 17.2 Å². The van der Waals surface area contributed by atoms with E-state index in [0.29, 0.717) is 17.3 Å². The van der Waals surface area contributed by atoms with E-state index >= 15 is 0 Å². The van der Waals surface area contributed by atoms with Crippen LogP contribution in [0.2, 0.25) is 0 Å². The summed E-state index contributed by atoms with van der Waals surface area (Å²) < 4.78 is 32.6. The largest absolute Gasteiger partial charge is 0.497 e. The highest BCUT2D eigenvalue weighted by atomic mass is 32.2. The van der Waals surface area contributed by atoms with Gasteiger partial charge in [0, 0.05) is 17.6 Å². The monoisotopic (exact) mass is 438 g/mol. The number of pyridine rings is 1. The van der Waals surface area contributed by atoms with E-state index < -0.39 is 15.9 Å². The van der Waals surface area contributed by atoms with E-state index in [1.807, 2.05) is 31.2 Å². The zero-order chi connectivity index (χ0) is 22.0. The minimum atomic E-state index is -3.88. The molecule has 0 atom stereocenters. The molecular weight excluding hydrogens is 416 g/mol. The van der Waals surface area contributed by atoms with E-state index in [2.05, 4.69) is 10.3 Å². The summed E-state index contributed by atoms with van der Waals surface area (Å²) in [6.45, 7) is 1.63. The van der Waals surface area contributed by atoms with Gasteiger partial charge in [-0.2, -0.15) is 4.31 Å². The molecule has 0 aliphatic carbocycles. The van der Waals surface area contributed by atoms with Crippen molar-refractivity contribution in [2.24, 2.45) is 0 Å². The molecule has 0 fully saturated rings. The van der Waals surface area contributed by atoms with E-state index in [0.717, 1.165) is 15.6 Å². The molecule has 1 N–H and O–H groups in total. The van der Waals surface area contributed by atoms with E-state index in [1.165, 1.54) is 6.07 Å². The third-order valence-corrected chi connectivity index (χ3v) is 6.76. The number of carbonyl (C=O) groups excluding carboxylic acids is 1. The average Bonchev–Trinajstić information content (AvgIpc) is 2.77. The molecule has 3 aromatic rings. The lowest BCUT2D eigenvalue weighted by Crippen LogP contribution is -2.47. The smallest absolute Gasteiger partial charge is 0.248 e. The van der Waals surface area contributed by atoms with Crippen LogP contribution < -0.4 is 15.0 Å². The number of sulfonamides is 1. The summed E-state index contributed by atoms with van der Waals surface area (Å²) in [6.07, 6.45) is 1.56. The van der Waals surface area contributed by atoms with Gasteiger partial charge in [0.1, 0.15) is 10.6 Å². The Bertz CT molecular complexity index is 1190. The van der Waals surface area contributed by atoms with Gasteiger partial charge in [-0.15, -0.1) is 0 Å². The quantitative estimate of drug-likeness (QED) is 0.658. The van der Waals surface area contributed by atoms with Crippen LogP contribution in [0.25, 0.3) is 0 Å². The molecule has 2 aromatic carbocycles. The van der Waals surface area contributed by atoms with Crippen molar-refractivity contribution in [1.29, 1.82) is 0 Å². The number of nitrogens with one attached hydrogen (secondary N) is 1. The van der Waals surface area contributed by atoms with Gasteiger partial charge in [0.15, 0.2) is 5.82 Å². The fourth-order valence-electron chi connectivity index (χ4n) is 3.32. The van der Waals surface area contributed by atoms with Crippen LogP contribution >= 0.6 is 0 Å². The zero-order valence-electron chi connectivity index (χ0n) is 17.1. The number of rotatable bonds is 5. The predicted molar refractivity (Wildman–Crippen MR) is 118 cm³/mol. The normalized spacial score (nSPS) is 15.2. The Labute approximate surface area is 181 Å². The fourth-order valence-corrected chi connectivity index (χ4v) is 4.80. The fraction of sp³-hybridized carbons (Fsp3) is 0.182. The Morgan fingerprint density at radius 1 is 1.10 bits per heavy atom. The molecule has 0 radical (unpaired) electrons. The highest BCUT2D eigenvalue weighted by Gasteiger charge is 2.37. The van der Waals surface area contributed by atoms with Crippen molar-refractivity contribution in [3.8, 4) is 5.75 Å². The first-order valence-corrected chi connectivity index (χ1v) is 11.1. The van der Waals surface area contributed by atoms with Crippen molar-refractivity contribution < 1.29 is 17.9 Å². The van der Waals surface area contributed by atoms with Gasteiger partial charge in [-0.1, -0.05) is 17.7 Å². The van der Waals surface area contributed by atoms with Gasteiger partial charge in [-0.25, -0.2) is 13.4 Å². The number of ether oxygens (including phenoxy) is 1. The summed E-state index contributed by atoms with van der Waals surface area (Å²) in [6, 6.07) is 17.6. The highest BCUT2D eigenvalue weighted by molar-refractivity contribution is 7.89. The maximum atomic E-state index is 13.2. The van der Waals surface area contributed by atoms with Gasteiger partial charge in [0.05, 0.1) is 20.3 Å². The van der Waals surface area contributed by atoms with Gasteiger partial charge in [0.2, 0.25) is 15.9 Å². The summed E-state index contributed by atoms with van der Waals surface area (Å²) in [4.78, 5) is 18.8. The van der Waals surface area contributed by atoms with Gasteiger partial charge >= 0.3 is 0 Å². The number of benzene rings is 2. The number of hydrogen-bond donors (Lipinski definition) is 1. The van der Waals surface area contributed by atoms with Crippen molar-refractivity contribution in [2.45, 2.75) is 11.8 Å². The molecule has 31 heavy (non-hydrogen) atoms. The van der Waals surface area contributed by atoms with Gasteiger partial charge in [0.25, 0.3) is 0 Å². The van der Waals surface area contributed by atoms with Crippen molar-refractivity contribution in [3.63, 3.8) is 0 Å². The number of nitrogens with zero attached hydrogens (tertiary/aromatic N) is 3. The number of anilines is 3. The molecule has 4 rings (SSSR count). The number of aromatic nitrogens is 1. The number of carbonyl (C=O) groups is 1. The summed E-state index contributed by atoms with van der Waals surface area (Å²) in [7, 11) is -2.32. The molecule has 0 saturated heterocycles. The first-order chi connectivity index (χ1) is 14.9. The number of methoxy groups -OCH3 is 1. The summed E-state index contributed by atoms with van der Waals surface area (Å²) in [5.41, 5.74) is 2.43. The summed E-state index contributed by atoms with van der Waals surface area (Å²) in [5, 5.41) is 2.73. The molecule has 0 bridgehead atoms. The van der Waals surface area contributed by atoms with E-state index in [1.54, 1.807) is 48.5 Å². The Morgan fingerprint density at radius 3 is 2.48 bits per heavy atom. The molecule has 1 aromatic heterocycles. The topological polar surface area (TPSA) is 91.8 Å². The van der Waals surface area contributed by atoms with Crippen LogP contribution in [0, 0.1) is 6.92 Å². The number of amides is 1. The minimum Gasteiger partial charge on any atom is -0.497 e. The summed E-state index contributed by atoms with van der Waals surface area (Å²) >= 11 is 0. The van der Waals surface area contributed by atoms with Crippen molar-refractivity contribution in [1.82, 2.24) is 9.29 Å². The average molecular weight is 439 g/mol. The predicted octanol–water partition coefficient (Wildman–Crippen LogP) is 3.14. The molecule has 1 amide bonds. The number of hydrogen-bond acceptors (Lipinski definition) is 6. The molecule has 2 heterocycles.